The average Bonchev–Trinajstić information content (AvgIpc) is 3.32. The molecule has 1 heterocycles. The topological polar surface area (TPSA) is 81.7 Å². The van der Waals surface area contributed by atoms with Crippen LogP contribution in [-0.4, -0.2) is 22.8 Å². The van der Waals surface area contributed by atoms with E-state index in [1.165, 1.54) is 21.9 Å². The Labute approximate surface area is 245 Å². The molecular formula is C36H35N3O3. The van der Waals surface area contributed by atoms with Crippen LogP contribution in [0.2, 0.25) is 0 Å². The number of nitrogen functional groups attached to an aromatic ring is 1. The van der Waals surface area contributed by atoms with E-state index >= 15 is 0 Å². The van der Waals surface area contributed by atoms with Crippen molar-refractivity contribution in [2.24, 2.45) is 0 Å². The van der Waals surface area contributed by atoms with Crippen molar-refractivity contribution < 1.29 is 14.6 Å². The van der Waals surface area contributed by atoms with Crippen LogP contribution in [0.3, 0.4) is 0 Å². The quantitative estimate of drug-likeness (QED) is 0.0923. The number of fused-ring (bicyclic) bond motifs is 3. The third-order valence-corrected chi connectivity index (χ3v) is 7.58. The Balaban J connectivity index is 1.10. The molecule has 1 unspecified atom stereocenters. The zero-order chi connectivity index (χ0) is 28.9. The highest BCUT2D eigenvalue weighted by Crippen LogP contribution is 2.32. The van der Waals surface area contributed by atoms with Crippen molar-refractivity contribution in [3.63, 3.8) is 0 Å². The number of nitrogens with zero attached hydrogens (tertiary/aromatic N) is 1. The van der Waals surface area contributed by atoms with Gasteiger partial charge >= 0.3 is 0 Å². The molecule has 0 spiro atoms. The molecule has 0 bridgehead atoms. The van der Waals surface area contributed by atoms with E-state index in [1.54, 1.807) is 19.1 Å². The molecule has 42 heavy (non-hydrogen) atoms. The van der Waals surface area contributed by atoms with Crippen LogP contribution in [0.15, 0.2) is 121 Å². The maximum atomic E-state index is 11.1. The van der Waals surface area contributed by atoms with Gasteiger partial charge in [0.25, 0.3) is 0 Å². The molecule has 212 valence electrons. The van der Waals surface area contributed by atoms with E-state index < -0.39 is 5.72 Å². The highest BCUT2D eigenvalue weighted by molar-refractivity contribution is 6.08. The zero-order valence-corrected chi connectivity index (χ0v) is 23.7. The minimum absolute atomic E-state index is 0.383. The van der Waals surface area contributed by atoms with Gasteiger partial charge in [-0.1, -0.05) is 84.9 Å². The van der Waals surface area contributed by atoms with Gasteiger partial charge < -0.3 is 24.9 Å². The van der Waals surface area contributed by atoms with Crippen LogP contribution >= 0.6 is 0 Å². The number of para-hydroxylation sites is 1. The third-order valence-electron chi connectivity index (χ3n) is 7.58. The lowest BCUT2D eigenvalue weighted by Crippen LogP contribution is -2.41. The fourth-order valence-electron chi connectivity index (χ4n) is 5.34. The average molecular weight is 558 g/mol. The molecular weight excluding hydrogens is 522 g/mol. The molecule has 4 N–H and O–H groups in total. The number of aliphatic hydroxyl groups is 1. The van der Waals surface area contributed by atoms with Crippen molar-refractivity contribution in [3.05, 3.63) is 138 Å². The highest BCUT2D eigenvalue weighted by atomic mass is 16.5. The highest BCUT2D eigenvalue weighted by Gasteiger charge is 2.23. The predicted octanol–water partition coefficient (Wildman–Crippen LogP) is 6.84. The number of aromatic nitrogens is 1. The lowest BCUT2D eigenvalue weighted by atomic mass is 10.0. The summed E-state index contributed by atoms with van der Waals surface area (Å²) in [7, 11) is 0. The summed E-state index contributed by atoms with van der Waals surface area (Å²) >= 11 is 0. The first-order valence-corrected chi connectivity index (χ1v) is 14.2. The monoisotopic (exact) mass is 557 g/mol. The molecule has 0 aliphatic rings. The van der Waals surface area contributed by atoms with E-state index in [1.807, 2.05) is 48.5 Å². The Bertz CT molecular complexity index is 1800. The van der Waals surface area contributed by atoms with Crippen LogP contribution in [0.1, 0.15) is 23.6 Å². The summed E-state index contributed by atoms with van der Waals surface area (Å²) in [5.74, 6) is 1.37. The Morgan fingerprint density at radius 3 is 2.19 bits per heavy atom. The largest absolute Gasteiger partial charge is 0.492 e. The fraction of sp³-hybridized carbons (Fsp3) is 0.167. The summed E-state index contributed by atoms with van der Waals surface area (Å²) in [6.07, 6.45) is 0. The second kappa shape index (κ2) is 12.0. The lowest BCUT2D eigenvalue weighted by molar-refractivity contribution is 0.0169. The molecule has 0 saturated heterocycles. The number of ether oxygens (including phenoxy) is 2. The summed E-state index contributed by atoms with van der Waals surface area (Å²) < 4.78 is 14.4. The zero-order valence-electron chi connectivity index (χ0n) is 23.7. The number of nitrogens with one attached hydrogen (secondary N) is 1. The molecule has 0 aliphatic carbocycles. The molecule has 6 heteroatoms. The molecule has 6 nitrogen and oxygen atoms in total. The third kappa shape index (κ3) is 5.96. The normalized spacial score (nSPS) is 12.8. The second-order valence-corrected chi connectivity index (χ2v) is 10.6. The minimum Gasteiger partial charge on any atom is -0.492 e. The molecule has 5 aromatic carbocycles. The van der Waals surface area contributed by atoms with E-state index in [9.17, 15) is 5.11 Å². The van der Waals surface area contributed by atoms with Crippen molar-refractivity contribution >= 4 is 27.5 Å². The molecule has 6 rings (SSSR count). The number of hydrogen-bond donors (Lipinski definition) is 3. The predicted molar refractivity (Wildman–Crippen MR) is 170 cm³/mol. The van der Waals surface area contributed by atoms with Gasteiger partial charge in [-0.15, -0.1) is 0 Å². The first-order chi connectivity index (χ1) is 20.5. The van der Waals surface area contributed by atoms with Gasteiger partial charge in [-0.3, -0.25) is 5.32 Å². The van der Waals surface area contributed by atoms with Gasteiger partial charge in [0.05, 0.1) is 11.2 Å². The van der Waals surface area contributed by atoms with Crippen LogP contribution in [0.4, 0.5) is 5.69 Å². The fourth-order valence-corrected chi connectivity index (χ4v) is 5.34. The van der Waals surface area contributed by atoms with Crippen molar-refractivity contribution in [3.8, 4) is 11.5 Å². The number of anilines is 1. The summed E-state index contributed by atoms with van der Waals surface area (Å²) in [6.45, 7) is 3.73. The molecule has 0 radical (unpaired) electrons. The Hall–Kier alpha value is -4.78. The standard InChI is InChI=1S/C36H35N3O3/c1-36(40,28-16-19-35(32(37)22-28)42-25-27-12-6-3-7-13-27)38-20-21-41-29-17-18-31-30-14-8-9-15-33(30)39(34(31)23-29)24-26-10-4-2-5-11-26/h2-19,22-23,38,40H,20-21,24-25,37H2,1H3. The molecule has 0 fully saturated rings. The molecule has 0 saturated carbocycles. The van der Waals surface area contributed by atoms with Crippen molar-refractivity contribution in [2.45, 2.75) is 25.8 Å². The maximum Gasteiger partial charge on any atom is 0.142 e. The Morgan fingerprint density at radius 1 is 0.738 bits per heavy atom. The van der Waals surface area contributed by atoms with Gasteiger partial charge in [-0.2, -0.15) is 0 Å². The van der Waals surface area contributed by atoms with Crippen LogP contribution in [0, 0.1) is 0 Å². The van der Waals surface area contributed by atoms with Gasteiger partial charge in [0.2, 0.25) is 0 Å². The van der Waals surface area contributed by atoms with Crippen molar-refractivity contribution in [2.75, 3.05) is 18.9 Å². The van der Waals surface area contributed by atoms with E-state index in [4.69, 9.17) is 15.2 Å². The smallest absolute Gasteiger partial charge is 0.142 e. The Morgan fingerprint density at radius 2 is 1.43 bits per heavy atom. The SMILES string of the molecule is CC(O)(NCCOc1ccc2c3ccccc3n(Cc3ccccc3)c2c1)c1ccc(OCc2ccccc2)c(N)c1. The van der Waals surface area contributed by atoms with E-state index in [-0.39, 0.29) is 0 Å². The lowest BCUT2D eigenvalue weighted by Gasteiger charge is -2.26. The second-order valence-electron chi connectivity index (χ2n) is 10.6. The van der Waals surface area contributed by atoms with Gasteiger partial charge in [-0.25, -0.2) is 0 Å². The molecule has 0 aliphatic heterocycles. The van der Waals surface area contributed by atoms with E-state index in [0.29, 0.717) is 36.8 Å². The summed E-state index contributed by atoms with van der Waals surface area (Å²) in [6, 6.07) is 40.5. The summed E-state index contributed by atoms with van der Waals surface area (Å²) in [4.78, 5) is 0. The number of hydrogen-bond acceptors (Lipinski definition) is 5. The maximum absolute atomic E-state index is 11.1. The molecule has 1 aromatic heterocycles. The number of rotatable bonds is 11. The van der Waals surface area contributed by atoms with E-state index in [2.05, 4.69) is 70.5 Å². The summed E-state index contributed by atoms with van der Waals surface area (Å²) in [5, 5.41) is 16.7. The van der Waals surface area contributed by atoms with Crippen molar-refractivity contribution in [1.82, 2.24) is 9.88 Å². The molecule has 1 atom stereocenters. The minimum atomic E-state index is -1.29. The van der Waals surface area contributed by atoms with Crippen LogP contribution in [-0.2, 0) is 18.9 Å². The summed E-state index contributed by atoms with van der Waals surface area (Å²) in [5.41, 5.74) is 10.7. The van der Waals surface area contributed by atoms with Crippen LogP contribution in [0.5, 0.6) is 11.5 Å². The Kier molecular flexibility index (Phi) is 7.82. The van der Waals surface area contributed by atoms with E-state index in [0.717, 1.165) is 23.4 Å². The molecule has 6 aromatic rings. The first kappa shape index (κ1) is 27.4. The van der Waals surface area contributed by atoms with Crippen LogP contribution in [0.25, 0.3) is 21.8 Å². The number of benzene rings is 5. The molecule has 0 amide bonds. The van der Waals surface area contributed by atoms with Gasteiger partial charge in [0.1, 0.15) is 30.4 Å². The van der Waals surface area contributed by atoms with Gasteiger partial charge in [0, 0.05) is 41.0 Å². The van der Waals surface area contributed by atoms with Gasteiger partial charge in [0.15, 0.2) is 0 Å². The number of nitrogens with two attached hydrogens (primary N) is 1. The van der Waals surface area contributed by atoms with Gasteiger partial charge in [-0.05, 0) is 48.4 Å². The first-order valence-electron chi connectivity index (χ1n) is 14.2. The van der Waals surface area contributed by atoms with Crippen molar-refractivity contribution in [1.29, 1.82) is 0 Å². The van der Waals surface area contributed by atoms with Crippen LogP contribution < -0.4 is 20.5 Å².